The van der Waals surface area contributed by atoms with Crippen molar-refractivity contribution in [2.75, 3.05) is 7.11 Å². The lowest BCUT2D eigenvalue weighted by Gasteiger charge is -2.07. The minimum absolute atomic E-state index is 0.205. The van der Waals surface area contributed by atoms with Gasteiger partial charge in [-0.2, -0.15) is 4.99 Å². The first kappa shape index (κ1) is 10.4. The minimum Gasteiger partial charge on any atom is -0.481 e. The molecule has 0 spiro atoms. The summed E-state index contributed by atoms with van der Waals surface area (Å²) < 4.78 is 5.01. The highest BCUT2D eigenvalue weighted by atomic mass is 16.5. The normalized spacial score (nSPS) is 11.6. The molecule has 0 aromatic carbocycles. The molecular weight excluding hydrogens is 180 g/mol. The van der Waals surface area contributed by atoms with Crippen LogP contribution in [-0.2, 0) is 4.79 Å². The number of aryl methyl sites for hydroxylation is 1. The second-order valence-electron chi connectivity index (χ2n) is 2.98. The Morgan fingerprint density at radius 1 is 1.57 bits per heavy atom. The molecule has 1 aromatic rings. The van der Waals surface area contributed by atoms with Gasteiger partial charge in [0.2, 0.25) is 12.0 Å². The lowest BCUT2D eigenvalue weighted by atomic mass is 10.1. The maximum atomic E-state index is 10.1. The summed E-state index contributed by atoms with van der Waals surface area (Å²) in [5, 5.41) is 0. The zero-order chi connectivity index (χ0) is 10.6. The third-order valence-corrected chi connectivity index (χ3v) is 1.89. The van der Waals surface area contributed by atoms with Crippen LogP contribution in [0.5, 0.6) is 5.88 Å². The summed E-state index contributed by atoms with van der Waals surface area (Å²) in [5.41, 5.74) is 1.74. The first-order valence-corrected chi connectivity index (χ1v) is 4.27. The van der Waals surface area contributed by atoms with E-state index < -0.39 is 0 Å². The first-order chi connectivity index (χ1) is 6.67. The van der Waals surface area contributed by atoms with Crippen molar-refractivity contribution >= 4 is 6.08 Å². The zero-order valence-corrected chi connectivity index (χ0v) is 8.44. The lowest BCUT2D eigenvalue weighted by Crippen LogP contribution is -1.96. The van der Waals surface area contributed by atoms with Crippen molar-refractivity contribution in [1.82, 2.24) is 4.98 Å². The minimum atomic E-state index is -0.205. The first-order valence-electron chi connectivity index (χ1n) is 4.27. The lowest BCUT2D eigenvalue weighted by molar-refractivity contribution is 0.396. The highest BCUT2D eigenvalue weighted by Crippen LogP contribution is 2.20. The van der Waals surface area contributed by atoms with Gasteiger partial charge in [-0.15, -0.1) is 0 Å². The van der Waals surface area contributed by atoms with Crippen LogP contribution in [0.4, 0.5) is 0 Å². The van der Waals surface area contributed by atoms with Crippen LogP contribution in [-0.4, -0.2) is 18.2 Å². The molecular formula is C10H12N2O2. The Labute approximate surface area is 82.6 Å². The summed E-state index contributed by atoms with van der Waals surface area (Å²) in [6.07, 6.45) is 1.54. The van der Waals surface area contributed by atoms with E-state index in [2.05, 4.69) is 9.98 Å². The van der Waals surface area contributed by atoms with Crippen LogP contribution in [0.3, 0.4) is 0 Å². The molecule has 4 nitrogen and oxygen atoms in total. The number of isocyanates is 1. The summed E-state index contributed by atoms with van der Waals surface area (Å²) in [5.74, 6) is 0.535. The van der Waals surface area contributed by atoms with Gasteiger partial charge in [-0.3, -0.25) is 0 Å². The van der Waals surface area contributed by atoms with Crippen molar-refractivity contribution in [3.63, 3.8) is 0 Å². The third kappa shape index (κ3) is 2.41. The van der Waals surface area contributed by atoms with E-state index in [1.54, 1.807) is 13.2 Å². The predicted octanol–water partition coefficient (Wildman–Crippen LogP) is 1.80. The fourth-order valence-electron chi connectivity index (χ4n) is 1.16. The molecule has 14 heavy (non-hydrogen) atoms. The van der Waals surface area contributed by atoms with E-state index in [9.17, 15) is 4.79 Å². The van der Waals surface area contributed by atoms with E-state index in [0.29, 0.717) is 5.88 Å². The fourth-order valence-corrected chi connectivity index (χ4v) is 1.16. The largest absolute Gasteiger partial charge is 0.481 e. The fraction of sp³-hybridized carbons (Fsp3) is 0.400. The van der Waals surface area contributed by atoms with Gasteiger partial charge < -0.3 is 4.74 Å². The SMILES string of the molecule is COc1cc(C(C)N=C=O)cc(C)n1. The van der Waals surface area contributed by atoms with Gasteiger partial charge in [0.1, 0.15) is 0 Å². The summed E-state index contributed by atoms with van der Waals surface area (Å²) in [4.78, 5) is 17.8. The van der Waals surface area contributed by atoms with Gasteiger partial charge in [0.05, 0.1) is 13.2 Å². The number of aliphatic imine (C=N–C) groups is 1. The molecule has 0 aliphatic heterocycles. The maximum Gasteiger partial charge on any atom is 0.235 e. The van der Waals surface area contributed by atoms with E-state index >= 15 is 0 Å². The van der Waals surface area contributed by atoms with Crippen LogP contribution in [0.15, 0.2) is 17.1 Å². The quantitative estimate of drug-likeness (QED) is 0.542. The number of methoxy groups -OCH3 is 1. The average molecular weight is 192 g/mol. The third-order valence-electron chi connectivity index (χ3n) is 1.89. The van der Waals surface area contributed by atoms with E-state index in [-0.39, 0.29) is 6.04 Å². The Kier molecular flexibility index (Phi) is 3.37. The van der Waals surface area contributed by atoms with Crippen molar-refractivity contribution in [3.05, 3.63) is 23.4 Å². The van der Waals surface area contributed by atoms with Crippen LogP contribution in [0.25, 0.3) is 0 Å². The number of aromatic nitrogens is 1. The standard InChI is InChI=1S/C10H12N2O2/c1-7-4-9(8(2)11-6-13)5-10(12-7)14-3/h4-5,8H,1-3H3. The molecule has 0 bridgehead atoms. The number of ether oxygens (including phenoxy) is 1. The van der Waals surface area contributed by atoms with Gasteiger partial charge in [-0.05, 0) is 25.5 Å². The van der Waals surface area contributed by atoms with Crippen LogP contribution < -0.4 is 4.74 Å². The van der Waals surface area contributed by atoms with Crippen molar-refractivity contribution < 1.29 is 9.53 Å². The number of carbonyl (C=O) groups excluding carboxylic acids is 1. The monoisotopic (exact) mass is 192 g/mol. The molecule has 0 saturated carbocycles. The van der Waals surface area contributed by atoms with E-state index in [0.717, 1.165) is 11.3 Å². The molecule has 0 aliphatic carbocycles. The topological polar surface area (TPSA) is 51.5 Å². The second-order valence-corrected chi connectivity index (χ2v) is 2.98. The molecule has 0 fully saturated rings. The maximum absolute atomic E-state index is 10.1. The summed E-state index contributed by atoms with van der Waals surface area (Å²) in [6.45, 7) is 3.68. The van der Waals surface area contributed by atoms with Gasteiger partial charge in [-0.25, -0.2) is 9.78 Å². The number of nitrogens with zero attached hydrogens (tertiary/aromatic N) is 2. The molecule has 0 aliphatic rings. The molecule has 1 heterocycles. The summed E-state index contributed by atoms with van der Waals surface area (Å²) >= 11 is 0. The van der Waals surface area contributed by atoms with Crippen molar-refractivity contribution in [1.29, 1.82) is 0 Å². The Morgan fingerprint density at radius 3 is 2.86 bits per heavy atom. The average Bonchev–Trinajstić information content (AvgIpc) is 2.17. The molecule has 74 valence electrons. The highest BCUT2D eigenvalue weighted by molar-refractivity contribution is 5.36. The Morgan fingerprint density at radius 2 is 2.29 bits per heavy atom. The van der Waals surface area contributed by atoms with Gasteiger partial charge in [-0.1, -0.05) is 0 Å². The van der Waals surface area contributed by atoms with Crippen LogP contribution in [0.1, 0.15) is 24.2 Å². The highest BCUT2D eigenvalue weighted by Gasteiger charge is 2.06. The predicted molar refractivity (Wildman–Crippen MR) is 52.1 cm³/mol. The van der Waals surface area contributed by atoms with Gasteiger partial charge >= 0.3 is 0 Å². The number of rotatable bonds is 3. The molecule has 1 atom stereocenters. The van der Waals surface area contributed by atoms with Crippen molar-refractivity contribution in [2.45, 2.75) is 19.9 Å². The van der Waals surface area contributed by atoms with E-state index in [4.69, 9.17) is 4.74 Å². The van der Waals surface area contributed by atoms with E-state index in [1.165, 1.54) is 6.08 Å². The second kappa shape index (κ2) is 4.53. The van der Waals surface area contributed by atoms with Crippen LogP contribution >= 0.6 is 0 Å². The van der Waals surface area contributed by atoms with Gasteiger partial charge in [0, 0.05) is 11.8 Å². The summed E-state index contributed by atoms with van der Waals surface area (Å²) in [7, 11) is 1.55. The molecule has 0 saturated heterocycles. The molecule has 0 radical (unpaired) electrons. The molecule has 4 heteroatoms. The van der Waals surface area contributed by atoms with Crippen molar-refractivity contribution in [3.8, 4) is 5.88 Å². The Hall–Kier alpha value is -1.67. The van der Waals surface area contributed by atoms with Crippen molar-refractivity contribution in [2.24, 2.45) is 4.99 Å². The number of hydrogen-bond acceptors (Lipinski definition) is 4. The van der Waals surface area contributed by atoms with Crippen LogP contribution in [0.2, 0.25) is 0 Å². The molecule has 1 aromatic heterocycles. The number of hydrogen-bond donors (Lipinski definition) is 0. The molecule has 0 N–H and O–H groups in total. The van der Waals surface area contributed by atoms with Gasteiger partial charge in [0.15, 0.2) is 0 Å². The molecule has 1 unspecified atom stereocenters. The molecule has 1 rings (SSSR count). The van der Waals surface area contributed by atoms with Gasteiger partial charge in [0.25, 0.3) is 0 Å². The Balaban J connectivity index is 3.08. The number of pyridine rings is 1. The summed E-state index contributed by atoms with van der Waals surface area (Å²) in [6, 6.07) is 3.43. The zero-order valence-electron chi connectivity index (χ0n) is 8.44. The molecule has 0 amide bonds. The smallest absolute Gasteiger partial charge is 0.235 e. The Bertz CT molecular complexity index is 370. The van der Waals surface area contributed by atoms with Crippen LogP contribution in [0, 0.1) is 6.92 Å². The van der Waals surface area contributed by atoms with E-state index in [1.807, 2.05) is 19.9 Å².